The van der Waals surface area contributed by atoms with Crippen molar-refractivity contribution < 1.29 is 18.7 Å². The predicted octanol–water partition coefficient (Wildman–Crippen LogP) is 3.85. The average molecular weight is 366 g/mol. The van der Waals surface area contributed by atoms with E-state index in [4.69, 9.17) is 9.15 Å². The van der Waals surface area contributed by atoms with Crippen molar-refractivity contribution in [2.45, 2.75) is 20.8 Å². The van der Waals surface area contributed by atoms with Gasteiger partial charge in [-0.3, -0.25) is 20.4 Å². The Balaban J connectivity index is 1.65. The van der Waals surface area contributed by atoms with E-state index in [9.17, 15) is 9.59 Å². The van der Waals surface area contributed by atoms with E-state index in [-0.39, 0.29) is 5.76 Å². The first-order valence-electron chi connectivity index (χ1n) is 8.77. The van der Waals surface area contributed by atoms with Gasteiger partial charge in [-0.05, 0) is 37.1 Å². The lowest BCUT2D eigenvalue weighted by atomic mass is 10.1. The summed E-state index contributed by atoms with van der Waals surface area (Å²) in [5.41, 5.74) is 6.54. The van der Waals surface area contributed by atoms with E-state index in [0.717, 1.165) is 10.9 Å². The van der Waals surface area contributed by atoms with Crippen molar-refractivity contribution in [1.82, 2.24) is 10.9 Å². The first-order chi connectivity index (χ1) is 13.0. The van der Waals surface area contributed by atoms with Crippen LogP contribution in [0.5, 0.6) is 5.75 Å². The van der Waals surface area contributed by atoms with Crippen molar-refractivity contribution in [3.8, 4) is 5.75 Å². The number of hydrazine groups is 1. The van der Waals surface area contributed by atoms with E-state index in [1.165, 1.54) is 0 Å². The molecule has 0 spiro atoms. The van der Waals surface area contributed by atoms with Gasteiger partial charge in [-0.2, -0.15) is 0 Å². The summed E-state index contributed by atoms with van der Waals surface area (Å²) in [6.45, 7) is 6.46. The van der Waals surface area contributed by atoms with Crippen LogP contribution in [0, 0.1) is 12.8 Å². The number of furan rings is 1. The fraction of sp³-hybridized carbons (Fsp3) is 0.238. The van der Waals surface area contributed by atoms with Crippen molar-refractivity contribution in [2.24, 2.45) is 5.92 Å². The standard InChI is InChI=1S/C21H22N2O4/c1-13(2)12-26-16-8-6-7-15(11-16)20(24)22-23-21(25)19-14(3)17-9-4-5-10-18(17)27-19/h4-11,13H,12H2,1-3H3,(H,22,24)(H,23,25). The second-order valence-corrected chi connectivity index (χ2v) is 6.69. The highest BCUT2D eigenvalue weighted by atomic mass is 16.5. The zero-order valence-electron chi connectivity index (χ0n) is 15.5. The van der Waals surface area contributed by atoms with Crippen LogP contribution in [0.25, 0.3) is 11.0 Å². The van der Waals surface area contributed by atoms with E-state index < -0.39 is 11.8 Å². The van der Waals surface area contributed by atoms with E-state index >= 15 is 0 Å². The van der Waals surface area contributed by atoms with Gasteiger partial charge in [0.25, 0.3) is 5.91 Å². The van der Waals surface area contributed by atoms with E-state index in [1.807, 2.05) is 32.0 Å². The molecular formula is C21H22N2O4. The lowest BCUT2D eigenvalue weighted by Gasteiger charge is -2.10. The molecule has 3 aromatic rings. The highest BCUT2D eigenvalue weighted by Crippen LogP contribution is 2.24. The third-order valence-corrected chi connectivity index (χ3v) is 4.02. The summed E-state index contributed by atoms with van der Waals surface area (Å²) in [6.07, 6.45) is 0. The van der Waals surface area contributed by atoms with Crippen molar-refractivity contribution in [2.75, 3.05) is 6.61 Å². The molecule has 27 heavy (non-hydrogen) atoms. The van der Waals surface area contributed by atoms with Crippen LogP contribution in [0.1, 0.15) is 40.3 Å². The molecule has 0 aliphatic rings. The maximum Gasteiger partial charge on any atom is 0.305 e. The molecule has 2 amide bonds. The van der Waals surface area contributed by atoms with E-state index in [2.05, 4.69) is 10.9 Å². The fourth-order valence-corrected chi connectivity index (χ4v) is 2.62. The number of ether oxygens (including phenoxy) is 1. The molecule has 0 aliphatic heterocycles. The summed E-state index contributed by atoms with van der Waals surface area (Å²) in [4.78, 5) is 24.7. The number of benzene rings is 2. The maximum atomic E-state index is 12.4. The largest absolute Gasteiger partial charge is 0.493 e. The molecule has 2 aromatic carbocycles. The number of carbonyl (C=O) groups excluding carboxylic acids is 2. The first kappa shape index (κ1) is 18.5. The number of hydrogen-bond acceptors (Lipinski definition) is 4. The summed E-state index contributed by atoms with van der Waals surface area (Å²) >= 11 is 0. The van der Waals surface area contributed by atoms with Crippen LogP contribution in [-0.2, 0) is 0 Å². The van der Waals surface area contributed by atoms with Gasteiger partial charge < -0.3 is 9.15 Å². The highest BCUT2D eigenvalue weighted by molar-refractivity contribution is 6.01. The third-order valence-electron chi connectivity index (χ3n) is 4.02. The molecule has 0 atom stereocenters. The molecular weight excluding hydrogens is 344 g/mol. The highest BCUT2D eigenvalue weighted by Gasteiger charge is 2.18. The topological polar surface area (TPSA) is 80.6 Å². The van der Waals surface area contributed by atoms with Gasteiger partial charge in [-0.15, -0.1) is 0 Å². The van der Waals surface area contributed by atoms with Crippen molar-refractivity contribution in [3.05, 3.63) is 65.4 Å². The van der Waals surface area contributed by atoms with Crippen LogP contribution in [0.2, 0.25) is 0 Å². The molecule has 6 nitrogen and oxygen atoms in total. The maximum absolute atomic E-state index is 12.4. The van der Waals surface area contributed by atoms with Gasteiger partial charge in [0, 0.05) is 16.5 Å². The Hall–Kier alpha value is -3.28. The van der Waals surface area contributed by atoms with Crippen LogP contribution < -0.4 is 15.6 Å². The number of nitrogens with one attached hydrogen (secondary N) is 2. The molecule has 140 valence electrons. The summed E-state index contributed by atoms with van der Waals surface area (Å²) in [7, 11) is 0. The number of aryl methyl sites for hydroxylation is 1. The van der Waals surface area contributed by atoms with E-state index in [1.54, 1.807) is 37.3 Å². The Kier molecular flexibility index (Phi) is 5.45. The van der Waals surface area contributed by atoms with Gasteiger partial charge in [0.1, 0.15) is 11.3 Å². The number of amides is 2. The molecule has 6 heteroatoms. The molecule has 3 rings (SSSR count). The second kappa shape index (κ2) is 7.95. The SMILES string of the molecule is Cc1c(C(=O)NNC(=O)c2cccc(OCC(C)C)c2)oc2ccccc12. The molecule has 1 heterocycles. The molecule has 1 aromatic heterocycles. The van der Waals surface area contributed by atoms with Crippen LogP contribution >= 0.6 is 0 Å². The molecule has 0 unspecified atom stereocenters. The zero-order chi connectivity index (χ0) is 19.4. The first-order valence-corrected chi connectivity index (χ1v) is 8.77. The van der Waals surface area contributed by atoms with Crippen LogP contribution in [-0.4, -0.2) is 18.4 Å². The van der Waals surface area contributed by atoms with Crippen LogP contribution in [0.3, 0.4) is 0 Å². The summed E-state index contributed by atoms with van der Waals surface area (Å²) in [5, 5.41) is 0.865. The van der Waals surface area contributed by atoms with Gasteiger partial charge in [0.05, 0.1) is 6.61 Å². The minimum atomic E-state index is -0.510. The van der Waals surface area contributed by atoms with Crippen LogP contribution in [0.4, 0.5) is 0 Å². The van der Waals surface area contributed by atoms with E-state index in [0.29, 0.717) is 29.4 Å². The number of fused-ring (bicyclic) bond motifs is 1. The second-order valence-electron chi connectivity index (χ2n) is 6.69. The number of hydrogen-bond donors (Lipinski definition) is 2. The number of para-hydroxylation sites is 1. The molecule has 0 radical (unpaired) electrons. The zero-order valence-corrected chi connectivity index (χ0v) is 15.5. The third kappa shape index (κ3) is 4.28. The summed E-state index contributed by atoms with van der Waals surface area (Å²) in [6, 6.07) is 14.2. The van der Waals surface area contributed by atoms with Gasteiger partial charge in [0.2, 0.25) is 0 Å². The van der Waals surface area contributed by atoms with Gasteiger partial charge >= 0.3 is 5.91 Å². The minimum absolute atomic E-state index is 0.172. The summed E-state index contributed by atoms with van der Waals surface area (Å²) < 4.78 is 11.2. The van der Waals surface area contributed by atoms with Gasteiger partial charge in [-0.1, -0.05) is 38.1 Å². The Morgan fingerprint density at radius 2 is 1.78 bits per heavy atom. The lowest BCUT2D eigenvalue weighted by molar-refractivity contribution is 0.0831. The monoisotopic (exact) mass is 366 g/mol. The Morgan fingerprint density at radius 3 is 2.52 bits per heavy atom. The summed E-state index contributed by atoms with van der Waals surface area (Å²) in [5.74, 6) is 0.214. The van der Waals surface area contributed by atoms with Crippen LogP contribution in [0.15, 0.2) is 52.9 Å². The average Bonchev–Trinajstić information content (AvgIpc) is 3.01. The van der Waals surface area contributed by atoms with Crippen molar-refractivity contribution in [1.29, 1.82) is 0 Å². The normalized spacial score (nSPS) is 10.8. The molecule has 0 aliphatic carbocycles. The van der Waals surface area contributed by atoms with Gasteiger partial charge in [-0.25, -0.2) is 0 Å². The Labute approximate surface area is 157 Å². The molecule has 2 N–H and O–H groups in total. The fourth-order valence-electron chi connectivity index (χ4n) is 2.62. The van der Waals surface area contributed by atoms with Crippen molar-refractivity contribution >= 4 is 22.8 Å². The molecule has 0 fully saturated rings. The smallest absolute Gasteiger partial charge is 0.305 e. The number of rotatable bonds is 5. The molecule has 0 saturated carbocycles. The molecule has 0 saturated heterocycles. The predicted molar refractivity (Wildman–Crippen MR) is 103 cm³/mol. The molecule has 0 bridgehead atoms. The lowest BCUT2D eigenvalue weighted by Crippen LogP contribution is -2.41. The Bertz CT molecular complexity index is 975. The van der Waals surface area contributed by atoms with Crippen molar-refractivity contribution in [3.63, 3.8) is 0 Å². The quantitative estimate of drug-likeness (QED) is 0.672. The number of carbonyl (C=O) groups is 2. The Morgan fingerprint density at radius 1 is 1.04 bits per heavy atom. The van der Waals surface area contributed by atoms with Gasteiger partial charge in [0.15, 0.2) is 5.76 Å². The minimum Gasteiger partial charge on any atom is -0.493 e.